The highest BCUT2D eigenvalue weighted by Crippen LogP contribution is 2.14. The normalized spacial score (nSPS) is 12.6. The van der Waals surface area contributed by atoms with Crippen molar-refractivity contribution in [2.24, 2.45) is 0 Å². The lowest BCUT2D eigenvalue weighted by molar-refractivity contribution is -0.781. The zero-order chi connectivity index (χ0) is 16.0. The maximum atomic E-state index is 5.79. The summed E-state index contributed by atoms with van der Waals surface area (Å²) in [5.74, 6) is 0. The second-order valence-electron chi connectivity index (χ2n) is 4.63. The lowest BCUT2D eigenvalue weighted by Crippen LogP contribution is -3.01. The fourth-order valence-corrected chi connectivity index (χ4v) is 2.21. The maximum Gasteiger partial charge on any atom is 0.643 e. The van der Waals surface area contributed by atoms with E-state index in [0.29, 0.717) is 13.2 Å². The molecule has 5 heteroatoms. The van der Waals surface area contributed by atoms with E-state index in [2.05, 4.69) is 39.9 Å². The zero-order valence-corrected chi connectivity index (χ0v) is 14.7. The van der Waals surface area contributed by atoms with Crippen molar-refractivity contribution < 1.29 is 19.3 Å². The van der Waals surface area contributed by atoms with E-state index >= 15 is 0 Å². The van der Waals surface area contributed by atoms with Crippen LogP contribution in [0.1, 0.15) is 67.7 Å². The van der Waals surface area contributed by atoms with Crippen LogP contribution in [-0.4, -0.2) is 32.3 Å². The topological polar surface area (TPSA) is 44.3 Å². The summed E-state index contributed by atoms with van der Waals surface area (Å²) in [6, 6.07) is 0. The van der Waals surface area contributed by atoms with E-state index in [4.69, 9.17) is 14.0 Å². The zero-order valence-electron chi connectivity index (χ0n) is 14.7. The summed E-state index contributed by atoms with van der Waals surface area (Å²) in [4.78, 5) is 0. The van der Waals surface area contributed by atoms with Crippen LogP contribution in [0.15, 0.2) is 0 Å². The third-order valence-electron chi connectivity index (χ3n) is 3.63. The molecule has 0 heterocycles. The molecule has 1 unspecified atom stereocenters. The summed E-state index contributed by atoms with van der Waals surface area (Å²) < 4.78 is 16.6. The van der Waals surface area contributed by atoms with Crippen LogP contribution in [0, 0.1) is 6.92 Å². The van der Waals surface area contributed by atoms with Gasteiger partial charge in [0, 0.05) is 20.1 Å². The molecule has 0 aliphatic rings. The molecule has 0 spiro atoms. The average molecular weight is 289 g/mol. The Labute approximate surface area is 127 Å². The second kappa shape index (κ2) is 13.9. The number of hydrogen-bond donors (Lipinski definition) is 1. The number of nitrogens with two attached hydrogens (primary N) is 1. The Morgan fingerprint density at radius 2 is 1.35 bits per heavy atom. The molecule has 0 radical (unpaired) electrons. The highest BCUT2D eigenvalue weighted by Gasteiger charge is 2.33. The fraction of sp³-hybridized carbons (Fsp3) is 0.933. The van der Waals surface area contributed by atoms with Gasteiger partial charge in [-0.3, -0.25) is 0 Å². The molecule has 0 saturated carbocycles. The predicted octanol–water partition coefficient (Wildman–Crippen LogP) is 2.78. The molecule has 0 amide bonds. The van der Waals surface area contributed by atoms with E-state index < -0.39 is 7.32 Å². The Balaban J connectivity index is 0. The molecule has 4 nitrogen and oxygen atoms in total. The van der Waals surface area contributed by atoms with Gasteiger partial charge in [-0.2, -0.15) is 6.92 Å². The van der Waals surface area contributed by atoms with Crippen molar-refractivity contribution in [1.82, 2.24) is 0 Å². The van der Waals surface area contributed by atoms with E-state index in [9.17, 15) is 0 Å². The van der Waals surface area contributed by atoms with Gasteiger partial charge in [-0.1, -0.05) is 20.8 Å². The monoisotopic (exact) mass is 289 g/mol. The SMILES string of the molecule is CCOB(OCC)OC(C)[NH2+]C(CC)(CC)CC.[CH2-]C. The Morgan fingerprint density at radius 1 is 0.950 bits per heavy atom. The summed E-state index contributed by atoms with van der Waals surface area (Å²) in [6.07, 6.45) is 3.46. The molecule has 20 heavy (non-hydrogen) atoms. The Kier molecular flexibility index (Phi) is 15.4. The summed E-state index contributed by atoms with van der Waals surface area (Å²) in [5, 5.41) is 2.30. The lowest BCUT2D eigenvalue weighted by atomic mass is 9.89. The molecular formula is C15H36BNO3. The number of rotatable bonds is 11. The lowest BCUT2D eigenvalue weighted by Gasteiger charge is -2.31. The summed E-state index contributed by atoms with van der Waals surface area (Å²) in [5.41, 5.74) is 0.266. The van der Waals surface area contributed by atoms with Crippen LogP contribution in [0.3, 0.4) is 0 Å². The van der Waals surface area contributed by atoms with Crippen LogP contribution >= 0.6 is 0 Å². The molecule has 1 atom stereocenters. The van der Waals surface area contributed by atoms with Gasteiger partial charge in [-0.15, -0.1) is 0 Å². The van der Waals surface area contributed by atoms with Gasteiger partial charge in [-0.25, -0.2) is 0 Å². The number of quaternary nitrogens is 1. The predicted molar refractivity (Wildman–Crippen MR) is 86.1 cm³/mol. The van der Waals surface area contributed by atoms with Crippen molar-refractivity contribution in [3.05, 3.63) is 6.92 Å². The first-order chi connectivity index (χ1) is 9.57. The minimum atomic E-state index is -0.547. The summed E-state index contributed by atoms with van der Waals surface area (Å²) in [6.45, 7) is 18.8. The minimum absolute atomic E-state index is 0.0351. The van der Waals surface area contributed by atoms with E-state index in [1.165, 1.54) is 0 Å². The van der Waals surface area contributed by atoms with Crippen LogP contribution in [0.25, 0.3) is 0 Å². The summed E-state index contributed by atoms with van der Waals surface area (Å²) >= 11 is 0. The molecule has 122 valence electrons. The van der Waals surface area contributed by atoms with Gasteiger partial charge >= 0.3 is 7.32 Å². The van der Waals surface area contributed by atoms with Crippen molar-refractivity contribution >= 4 is 7.32 Å². The first-order valence-electron chi connectivity index (χ1n) is 8.02. The summed E-state index contributed by atoms with van der Waals surface area (Å²) in [7, 11) is -0.547. The highest BCUT2D eigenvalue weighted by atomic mass is 16.7. The molecule has 0 bridgehead atoms. The van der Waals surface area contributed by atoms with Crippen molar-refractivity contribution in [2.45, 2.75) is 79.5 Å². The Hall–Kier alpha value is -0.0951. The largest absolute Gasteiger partial charge is 0.643 e. The van der Waals surface area contributed by atoms with Crippen LogP contribution in [0.2, 0.25) is 0 Å². The van der Waals surface area contributed by atoms with Crippen molar-refractivity contribution in [2.75, 3.05) is 13.2 Å². The molecule has 0 fully saturated rings. The van der Waals surface area contributed by atoms with Gasteiger partial charge < -0.3 is 26.2 Å². The van der Waals surface area contributed by atoms with Gasteiger partial charge in [0.2, 0.25) is 0 Å². The minimum Gasteiger partial charge on any atom is -0.386 e. The highest BCUT2D eigenvalue weighted by molar-refractivity contribution is 6.36. The van der Waals surface area contributed by atoms with Crippen LogP contribution in [-0.2, 0) is 14.0 Å². The molecule has 0 aliphatic heterocycles. The van der Waals surface area contributed by atoms with Gasteiger partial charge in [0.15, 0.2) is 6.23 Å². The van der Waals surface area contributed by atoms with Gasteiger partial charge in [0.05, 0.1) is 5.54 Å². The Morgan fingerprint density at radius 3 is 1.65 bits per heavy atom. The third kappa shape index (κ3) is 8.95. The van der Waals surface area contributed by atoms with E-state index in [-0.39, 0.29) is 11.8 Å². The third-order valence-corrected chi connectivity index (χ3v) is 3.63. The molecule has 2 N–H and O–H groups in total. The maximum absolute atomic E-state index is 5.79. The molecular weight excluding hydrogens is 253 g/mol. The molecule has 0 saturated heterocycles. The average Bonchev–Trinajstić information content (AvgIpc) is 2.47. The molecule has 0 aliphatic carbocycles. The van der Waals surface area contributed by atoms with E-state index in [1.807, 2.05) is 13.8 Å². The molecule has 0 rings (SSSR count). The van der Waals surface area contributed by atoms with Crippen LogP contribution in [0.5, 0.6) is 0 Å². The Bertz CT molecular complexity index is 187. The second-order valence-corrected chi connectivity index (χ2v) is 4.63. The van der Waals surface area contributed by atoms with Gasteiger partial charge in [-0.05, 0) is 33.1 Å². The van der Waals surface area contributed by atoms with E-state index in [0.717, 1.165) is 19.3 Å². The van der Waals surface area contributed by atoms with Crippen LogP contribution < -0.4 is 5.32 Å². The smallest absolute Gasteiger partial charge is 0.386 e. The quantitative estimate of drug-likeness (QED) is 0.361. The first kappa shape index (κ1) is 22.2. The van der Waals surface area contributed by atoms with Crippen molar-refractivity contribution in [3.8, 4) is 0 Å². The van der Waals surface area contributed by atoms with Crippen LogP contribution in [0.4, 0.5) is 0 Å². The van der Waals surface area contributed by atoms with Crippen molar-refractivity contribution in [3.63, 3.8) is 0 Å². The molecule has 0 aromatic heterocycles. The van der Waals surface area contributed by atoms with E-state index in [1.54, 1.807) is 6.92 Å². The van der Waals surface area contributed by atoms with Gasteiger partial charge in [0.25, 0.3) is 0 Å². The first-order valence-corrected chi connectivity index (χ1v) is 8.02. The molecule has 0 aromatic rings. The fourth-order valence-electron chi connectivity index (χ4n) is 2.21. The number of hydrogen-bond acceptors (Lipinski definition) is 3. The standard InChI is InChI=1S/C13H30BNO3.C2H5/c1-7-13(8-2,9-3)15-12(6)18-14(16-10-4)17-11-5;1-2/h12,15H,7-11H2,1-6H3;1H2,2H3/q;-1/p+1. The van der Waals surface area contributed by atoms with Gasteiger partial charge in [0.1, 0.15) is 0 Å². The van der Waals surface area contributed by atoms with Crippen molar-refractivity contribution in [1.29, 1.82) is 0 Å². The molecule has 0 aromatic carbocycles.